The van der Waals surface area contributed by atoms with Crippen molar-refractivity contribution >= 4 is 35.5 Å². The second-order valence-electron chi connectivity index (χ2n) is 7.18. The van der Waals surface area contributed by atoms with Crippen molar-refractivity contribution in [3.63, 3.8) is 0 Å². The fourth-order valence-corrected chi connectivity index (χ4v) is 3.45. The summed E-state index contributed by atoms with van der Waals surface area (Å²) < 4.78 is 26.9. The summed E-state index contributed by atoms with van der Waals surface area (Å²) in [7, 11) is 4.46. The van der Waals surface area contributed by atoms with Gasteiger partial charge in [0, 0.05) is 16.1 Å². The summed E-state index contributed by atoms with van der Waals surface area (Å²) in [4.78, 5) is 29.4. The molecule has 0 saturated carbocycles. The van der Waals surface area contributed by atoms with E-state index in [2.05, 4.69) is 4.99 Å². The van der Waals surface area contributed by atoms with Crippen LogP contribution in [0.1, 0.15) is 21.5 Å². The monoisotopic (exact) mass is 493 g/mol. The topological polar surface area (TPSA) is 92.7 Å². The van der Waals surface area contributed by atoms with E-state index in [-0.39, 0.29) is 17.3 Å². The summed E-state index contributed by atoms with van der Waals surface area (Å²) in [6.07, 6.45) is 1.48. The molecular formula is C26H20ClNO7. The smallest absolute Gasteiger partial charge is 0.363 e. The third-order valence-electron chi connectivity index (χ3n) is 5.03. The molecule has 3 aromatic rings. The Morgan fingerprint density at radius 3 is 2.20 bits per heavy atom. The first-order chi connectivity index (χ1) is 16.9. The molecule has 0 saturated heterocycles. The molecule has 1 heterocycles. The number of methoxy groups -OCH3 is 3. The lowest BCUT2D eigenvalue weighted by Crippen LogP contribution is -2.09. The minimum absolute atomic E-state index is 0.0312. The number of carbonyl (C=O) groups is 2. The van der Waals surface area contributed by atoms with Crippen molar-refractivity contribution in [2.24, 2.45) is 4.99 Å². The average molecular weight is 494 g/mol. The molecule has 1 aliphatic rings. The Balaban J connectivity index is 1.65. The minimum Gasteiger partial charge on any atom is -0.493 e. The molecule has 3 aromatic carbocycles. The molecule has 0 aromatic heterocycles. The van der Waals surface area contributed by atoms with Crippen LogP contribution in [-0.4, -0.2) is 39.2 Å². The van der Waals surface area contributed by atoms with Crippen LogP contribution in [0.5, 0.6) is 23.0 Å². The molecule has 35 heavy (non-hydrogen) atoms. The van der Waals surface area contributed by atoms with E-state index in [1.165, 1.54) is 27.4 Å². The third-order valence-corrected chi connectivity index (χ3v) is 5.28. The number of esters is 2. The zero-order valence-corrected chi connectivity index (χ0v) is 19.8. The summed E-state index contributed by atoms with van der Waals surface area (Å²) in [5.41, 5.74) is 1.29. The number of hydrogen-bond acceptors (Lipinski definition) is 8. The van der Waals surface area contributed by atoms with Crippen LogP contribution in [0.15, 0.2) is 71.4 Å². The van der Waals surface area contributed by atoms with Crippen molar-refractivity contribution in [2.75, 3.05) is 21.3 Å². The number of nitrogens with zero attached hydrogens (tertiary/aromatic N) is 1. The van der Waals surface area contributed by atoms with Gasteiger partial charge in [0.05, 0.1) is 26.9 Å². The Labute approximate surface area is 206 Å². The quantitative estimate of drug-likeness (QED) is 0.262. The van der Waals surface area contributed by atoms with Gasteiger partial charge in [-0.05, 0) is 48.5 Å². The SMILES string of the molecule is COc1cc(C2=N/C(=C/c3ccccc3OC(=O)c3ccc(Cl)cc3)C(=O)O2)cc(OC)c1OC. The lowest BCUT2D eigenvalue weighted by atomic mass is 10.1. The van der Waals surface area contributed by atoms with E-state index in [0.29, 0.717) is 39.0 Å². The van der Waals surface area contributed by atoms with Crippen molar-refractivity contribution in [3.8, 4) is 23.0 Å². The second kappa shape index (κ2) is 10.3. The molecule has 0 spiro atoms. The number of carbonyl (C=O) groups excluding carboxylic acids is 2. The highest BCUT2D eigenvalue weighted by molar-refractivity contribution is 6.30. The predicted molar refractivity (Wildman–Crippen MR) is 130 cm³/mol. The Bertz CT molecular complexity index is 1320. The van der Waals surface area contributed by atoms with Gasteiger partial charge in [-0.25, -0.2) is 14.6 Å². The van der Waals surface area contributed by atoms with Gasteiger partial charge in [0.1, 0.15) is 5.75 Å². The molecule has 0 amide bonds. The maximum absolute atomic E-state index is 12.6. The average Bonchev–Trinajstić information content (AvgIpc) is 3.24. The largest absolute Gasteiger partial charge is 0.493 e. The number of halogens is 1. The van der Waals surface area contributed by atoms with Crippen LogP contribution in [0.4, 0.5) is 0 Å². The van der Waals surface area contributed by atoms with Crippen molar-refractivity contribution in [1.82, 2.24) is 0 Å². The van der Waals surface area contributed by atoms with Gasteiger partial charge in [0.15, 0.2) is 17.2 Å². The predicted octanol–water partition coefficient (Wildman–Crippen LogP) is 4.93. The van der Waals surface area contributed by atoms with Gasteiger partial charge in [-0.15, -0.1) is 0 Å². The molecule has 0 atom stereocenters. The van der Waals surface area contributed by atoms with E-state index in [1.54, 1.807) is 60.7 Å². The highest BCUT2D eigenvalue weighted by atomic mass is 35.5. The summed E-state index contributed by atoms with van der Waals surface area (Å²) in [6.45, 7) is 0. The van der Waals surface area contributed by atoms with Crippen LogP contribution < -0.4 is 18.9 Å². The Morgan fingerprint density at radius 2 is 1.57 bits per heavy atom. The second-order valence-corrected chi connectivity index (χ2v) is 7.62. The van der Waals surface area contributed by atoms with Crippen LogP contribution in [0.25, 0.3) is 6.08 Å². The molecule has 178 valence electrons. The lowest BCUT2D eigenvalue weighted by molar-refractivity contribution is -0.129. The van der Waals surface area contributed by atoms with Crippen molar-refractivity contribution in [3.05, 3.63) is 88.1 Å². The van der Waals surface area contributed by atoms with Crippen LogP contribution >= 0.6 is 11.6 Å². The molecule has 1 aliphatic heterocycles. The molecule has 8 nitrogen and oxygen atoms in total. The van der Waals surface area contributed by atoms with Gasteiger partial charge < -0.3 is 23.7 Å². The molecular weight excluding hydrogens is 474 g/mol. The van der Waals surface area contributed by atoms with Crippen molar-refractivity contribution in [2.45, 2.75) is 0 Å². The molecule has 0 radical (unpaired) electrons. The first kappa shape index (κ1) is 23.8. The van der Waals surface area contributed by atoms with Gasteiger partial charge in [0.25, 0.3) is 0 Å². The van der Waals surface area contributed by atoms with Gasteiger partial charge in [0.2, 0.25) is 11.6 Å². The lowest BCUT2D eigenvalue weighted by Gasteiger charge is -2.13. The molecule has 4 rings (SSSR count). The number of aliphatic imine (C=N–C) groups is 1. The van der Waals surface area contributed by atoms with E-state index < -0.39 is 11.9 Å². The molecule has 0 bridgehead atoms. The Morgan fingerprint density at radius 1 is 0.914 bits per heavy atom. The molecule has 0 N–H and O–H groups in total. The highest BCUT2D eigenvalue weighted by Crippen LogP contribution is 2.39. The molecule has 0 aliphatic carbocycles. The summed E-state index contributed by atoms with van der Waals surface area (Å²) in [5.74, 6) is 0.266. The van der Waals surface area contributed by atoms with E-state index >= 15 is 0 Å². The number of ether oxygens (including phenoxy) is 5. The maximum atomic E-state index is 12.6. The highest BCUT2D eigenvalue weighted by Gasteiger charge is 2.27. The number of para-hydroxylation sites is 1. The van der Waals surface area contributed by atoms with Crippen molar-refractivity contribution in [1.29, 1.82) is 0 Å². The van der Waals surface area contributed by atoms with E-state index in [4.69, 9.17) is 35.3 Å². The third kappa shape index (κ3) is 5.12. The first-order valence-corrected chi connectivity index (χ1v) is 10.7. The van der Waals surface area contributed by atoms with Crippen LogP contribution in [0.2, 0.25) is 5.02 Å². The van der Waals surface area contributed by atoms with Gasteiger partial charge in [-0.2, -0.15) is 0 Å². The van der Waals surface area contributed by atoms with Crippen molar-refractivity contribution < 1.29 is 33.3 Å². The van der Waals surface area contributed by atoms with Gasteiger partial charge >= 0.3 is 11.9 Å². The standard InChI is InChI=1S/C26H20ClNO7/c1-31-21-13-17(14-22(32-2)23(21)33-3)24-28-19(26(30)35-24)12-16-6-4-5-7-20(16)34-25(29)15-8-10-18(27)11-9-15/h4-14H,1-3H3/b19-12+. The van der Waals surface area contributed by atoms with Crippen LogP contribution in [0, 0.1) is 0 Å². The zero-order valence-electron chi connectivity index (χ0n) is 19.0. The molecule has 0 fully saturated rings. The number of rotatable bonds is 7. The van der Waals surface area contributed by atoms with Gasteiger partial charge in [-0.1, -0.05) is 29.8 Å². The zero-order chi connectivity index (χ0) is 24.9. The van der Waals surface area contributed by atoms with E-state index in [1.807, 2.05) is 0 Å². The van der Waals surface area contributed by atoms with Crippen LogP contribution in [-0.2, 0) is 9.53 Å². The number of benzene rings is 3. The Hall–Kier alpha value is -4.30. The summed E-state index contributed by atoms with van der Waals surface area (Å²) >= 11 is 5.88. The fraction of sp³-hybridized carbons (Fsp3) is 0.115. The molecule has 0 unspecified atom stereocenters. The minimum atomic E-state index is -0.660. The maximum Gasteiger partial charge on any atom is 0.363 e. The summed E-state index contributed by atoms with van der Waals surface area (Å²) in [6, 6.07) is 16.3. The Kier molecular flexibility index (Phi) is 7.03. The number of cyclic esters (lactones) is 1. The first-order valence-electron chi connectivity index (χ1n) is 10.3. The number of hydrogen-bond donors (Lipinski definition) is 0. The van der Waals surface area contributed by atoms with Crippen LogP contribution in [0.3, 0.4) is 0 Å². The van der Waals surface area contributed by atoms with E-state index in [9.17, 15) is 9.59 Å². The van der Waals surface area contributed by atoms with E-state index in [0.717, 1.165) is 0 Å². The normalized spacial score (nSPS) is 13.8. The fourth-order valence-electron chi connectivity index (χ4n) is 3.32. The van der Waals surface area contributed by atoms with Gasteiger partial charge in [-0.3, -0.25) is 0 Å². The summed E-state index contributed by atoms with van der Waals surface area (Å²) in [5, 5.41) is 0.507. The molecule has 9 heteroatoms.